The number of aryl methyl sites for hydroxylation is 3. The summed E-state index contributed by atoms with van der Waals surface area (Å²) in [6.45, 7) is 39.6. The van der Waals surface area contributed by atoms with Crippen molar-refractivity contribution in [3.05, 3.63) is 156 Å². The molecule has 3 saturated carbocycles. The minimum Gasteiger partial charge on any atom is -0.399 e. The van der Waals surface area contributed by atoms with Gasteiger partial charge in [-0.3, -0.25) is 13.2 Å². The zero-order valence-corrected chi connectivity index (χ0v) is 97.4. The highest BCUT2D eigenvalue weighted by molar-refractivity contribution is 9.11. The van der Waals surface area contributed by atoms with Gasteiger partial charge in [-0.25, -0.2) is 62.7 Å². The standard InChI is InChI=1S/C26H34Cl2N6OS.C22H26Cl2N6.C20H30BrN5OS.2C11H15BCl2N2O2.C5H3BrCl2N2.ClH.H4N4/c1-16-20(17-7-8-18(29)22(28)21(17)27)23-30-12-15-34(23)24(31-16)33-13-10-26(11-14-33)9-5-6-19(26)32-36(35)25(2,3)4;1-13-17(14-4-5-15(25)19(24)18(14)23)20-27-9-12-30(20)21(28-13)29-10-7-22(8-11-29)6-2-3-16(22)26;1-14-16(21)17-22-10-13-26(17)18(23-14)25-11-8-20(9-12-25)7-5-6-15(20)24-28(27)19(2,3)4;2*1-10(2)11(3,4)18-12(17-10)6-5-16-9(15)8(14)7(6)13;6-2-1-10-5(9)4(8)3(2)7;;1-3-4-2/h7-8,12,15,19,32H,5-6,9-11,13-14,29H2,1-4H3;4-5,9,12,16H,2-3,6-8,10-11,25-26H2,1H3;10,13,15,24H,5-9,11-12H2,1-4H3;2*5H,1-4H3,(H2,15,16);1H,(H2,9,10);1H;(H2,1,4)(H2,2,3)/t19-,36-;16-;15-,28-;;;;;/m111...../s1. The number of pyridine rings is 3. The quantitative estimate of drug-likeness (QED) is 0.0189. The Labute approximate surface area is 926 Å². The van der Waals surface area contributed by atoms with E-state index in [0.717, 1.165) is 176 Å². The lowest BCUT2D eigenvalue weighted by Crippen LogP contribution is -2.51. The maximum atomic E-state index is 12.8. The highest BCUT2D eigenvalue weighted by atomic mass is 79.9. The molecule has 3 aliphatic carbocycles. The van der Waals surface area contributed by atoms with Crippen LogP contribution in [0.5, 0.6) is 0 Å². The van der Waals surface area contributed by atoms with Crippen molar-refractivity contribution in [2.24, 2.45) is 44.1 Å². The first kappa shape index (κ1) is 117. The largest absolute Gasteiger partial charge is 0.498 e. The van der Waals surface area contributed by atoms with Crippen molar-refractivity contribution in [3.8, 4) is 22.3 Å². The topological polar surface area (TPSA) is 467 Å². The van der Waals surface area contributed by atoms with Crippen LogP contribution in [0, 0.1) is 37.0 Å². The minimum atomic E-state index is -1.06. The number of nitrogens with zero attached hydrogens (tertiary/aromatic N) is 17. The maximum absolute atomic E-state index is 12.8. The van der Waals surface area contributed by atoms with Crippen LogP contribution >= 0.6 is 160 Å². The fourth-order valence-corrected chi connectivity index (χ4v) is 24.1. The van der Waals surface area contributed by atoms with Crippen molar-refractivity contribution >= 4 is 271 Å². The Balaban J connectivity index is 0.000000159. The molecule has 9 aromatic heterocycles. The van der Waals surface area contributed by atoms with Crippen LogP contribution in [0.3, 0.4) is 0 Å². The van der Waals surface area contributed by atoms with Crippen molar-refractivity contribution in [2.75, 3.05) is 82.6 Å². The molecule has 3 spiro atoms. The summed E-state index contributed by atoms with van der Waals surface area (Å²) in [5, 5.41) is 8.59. The molecule has 0 amide bonds. The number of imidazole rings is 3. The molecule has 8 aliphatic rings. The molecule has 14 heterocycles. The molecule has 11 aromatic rings. The van der Waals surface area contributed by atoms with Gasteiger partial charge in [0.2, 0.25) is 17.8 Å². The zero-order valence-electron chi connectivity index (χ0n) is 84.2. The summed E-state index contributed by atoms with van der Waals surface area (Å²) >= 11 is 68.1. The lowest BCUT2D eigenvalue weighted by molar-refractivity contribution is 0.00578. The van der Waals surface area contributed by atoms with E-state index >= 15 is 0 Å². The van der Waals surface area contributed by atoms with Crippen LogP contribution in [0.1, 0.15) is 210 Å². The number of benzene rings is 2. The molecule has 8 fully saturated rings. The molecule has 33 nitrogen and oxygen atoms in total. The normalized spacial score (nSPS) is 20.3. The van der Waals surface area contributed by atoms with Gasteiger partial charge in [-0.1, -0.05) is 158 Å². The van der Waals surface area contributed by atoms with Gasteiger partial charge < -0.3 is 79.4 Å². The molecular weight excluding hydrogens is 2250 g/mol. The third-order valence-corrected chi connectivity index (χ3v) is 38.8. The Bertz CT molecular complexity index is 6450. The molecule has 2 aromatic carbocycles. The smallest absolute Gasteiger partial charge is 0.399 e. The van der Waals surface area contributed by atoms with Crippen molar-refractivity contribution < 1.29 is 27.0 Å². The number of rotatable bonds is 11. The Morgan fingerprint density at radius 3 is 1.06 bits per heavy atom. The van der Waals surface area contributed by atoms with E-state index in [-0.39, 0.29) is 65.3 Å². The van der Waals surface area contributed by atoms with E-state index in [1.807, 2.05) is 159 Å². The fourth-order valence-electron chi connectivity index (χ4n) is 19.4. The molecule has 5 atom stereocenters. The van der Waals surface area contributed by atoms with Crippen LogP contribution in [0.2, 0.25) is 50.2 Å². The van der Waals surface area contributed by atoms with Crippen molar-refractivity contribution in [3.63, 3.8) is 0 Å². The molecule has 18 N–H and O–H groups in total. The lowest BCUT2D eigenvalue weighted by Gasteiger charge is -2.44. The molecular formula is C95H128B2Br2Cl11N27O6S2. The highest BCUT2D eigenvalue weighted by Crippen LogP contribution is 2.53. The van der Waals surface area contributed by atoms with Crippen molar-refractivity contribution in [2.45, 2.75) is 264 Å². The first-order valence-corrected chi connectivity index (χ1v) is 55.1. The van der Waals surface area contributed by atoms with Gasteiger partial charge in [0.1, 0.15) is 43.8 Å². The molecule has 788 valence electrons. The molecule has 19 rings (SSSR count). The molecule has 0 unspecified atom stereocenters. The van der Waals surface area contributed by atoms with Crippen LogP contribution in [0.15, 0.2) is 99.4 Å². The Morgan fingerprint density at radius 2 is 0.731 bits per heavy atom. The summed E-state index contributed by atoms with van der Waals surface area (Å²) in [5.74, 6) is 12.1. The summed E-state index contributed by atoms with van der Waals surface area (Å²) in [6.07, 6.45) is 33.1. The highest BCUT2D eigenvalue weighted by Gasteiger charge is 2.55. The summed E-state index contributed by atoms with van der Waals surface area (Å²) in [4.78, 5) is 47.5. The molecule has 0 radical (unpaired) electrons. The van der Waals surface area contributed by atoms with Gasteiger partial charge in [0.15, 0.2) is 5.65 Å². The number of anilines is 8. The lowest BCUT2D eigenvalue weighted by atomic mass is 9.74. The number of hydrogen-bond acceptors (Lipinski definition) is 26. The second-order valence-electron chi connectivity index (χ2n) is 41.5. The van der Waals surface area contributed by atoms with Gasteiger partial charge >= 0.3 is 14.2 Å². The van der Waals surface area contributed by atoms with E-state index in [2.05, 4.69) is 117 Å². The molecule has 50 heteroatoms. The number of nitrogens with two attached hydrogens (primary N) is 8. The number of nitrogen functional groups attached to an aromatic ring is 5. The summed E-state index contributed by atoms with van der Waals surface area (Å²) in [5.41, 5.74) is 44.4. The van der Waals surface area contributed by atoms with E-state index in [4.69, 9.17) is 184 Å². The molecule has 5 saturated heterocycles. The van der Waals surface area contributed by atoms with E-state index in [9.17, 15) is 8.42 Å². The number of halogens is 13. The van der Waals surface area contributed by atoms with Crippen LogP contribution in [0.25, 0.3) is 39.2 Å². The van der Waals surface area contributed by atoms with Gasteiger partial charge in [0.05, 0.1) is 126 Å². The predicted octanol–water partition coefficient (Wildman–Crippen LogP) is 21.3. The third-order valence-electron chi connectivity index (χ3n) is 29.4. The van der Waals surface area contributed by atoms with Crippen LogP contribution in [-0.2, 0) is 40.6 Å². The van der Waals surface area contributed by atoms with Crippen LogP contribution < -0.4 is 81.2 Å². The average molecular weight is 2380 g/mol. The molecule has 145 heavy (non-hydrogen) atoms. The summed E-state index contributed by atoms with van der Waals surface area (Å²) in [6, 6.07) is 8.27. The van der Waals surface area contributed by atoms with Gasteiger partial charge in [-0.05, 0) is 255 Å². The van der Waals surface area contributed by atoms with Gasteiger partial charge in [0.25, 0.3) is 0 Å². The van der Waals surface area contributed by atoms with Gasteiger partial charge in [0, 0.05) is 146 Å². The summed E-state index contributed by atoms with van der Waals surface area (Å²) < 4.78 is 63.3. The molecule has 0 bridgehead atoms. The summed E-state index contributed by atoms with van der Waals surface area (Å²) in [7, 11) is -3.25. The Kier molecular flexibility index (Phi) is 38.1. The monoisotopic (exact) mass is 2370 g/mol. The molecule has 5 aliphatic heterocycles. The fraction of sp³-hybridized carbons (Fsp3) is 0.526. The number of hydrogen-bond donors (Lipinski definition) is 10. The second kappa shape index (κ2) is 47.1. The van der Waals surface area contributed by atoms with Gasteiger partial charge in [-0.2, -0.15) is 0 Å². The number of aromatic nitrogens is 12. The minimum absolute atomic E-state index is 0. The number of nitrogens with one attached hydrogen (secondary N) is 2. The van der Waals surface area contributed by atoms with E-state index in [1.54, 1.807) is 24.5 Å². The zero-order chi connectivity index (χ0) is 106. The maximum Gasteiger partial charge on any atom is 0.498 e. The number of fused-ring (bicyclic) bond motifs is 3. The predicted molar refractivity (Wildman–Crippen MR) is 607 cm³/mol. The van der Waals surface area contributed by atoms with E-state index in [1.165, 1.54) is 57.1 Å². The van der Waals surface area contributed by atoms with Crippen LogP contribution in [-0.4, -0.2) is 170 Å². The van der Waals surface area contributed by atoms with E-state index < -0.39 is 58.6 Å². The first-order valence-electron chi connectivity index (χ1n) is 47.5. The second-order valence-corrected chi connectivity index (χ2v) is 50.9. The van der Waals surface area contributed by atoms with Crippen LogP contribution in [0.4, 0.5) is 46.7 Å². The van der Waals surface area contributed by atoms with Crippen molar-refractivity contribution in [1.29, 1.82) is 0 Å². The number of piperidine rings is 3. The average Bonchev–Trinajstić information content (AvgIpc) is 1.70. The van der Waals surface area contributed by atoms with E-state index in [0.29, 0.717) is 85.5 Å². The Morgan fingerprint density at radius 1 is 0.421 bits per heavy atom. The van der Waals surface area contributed by atoms with Gasteiger partial charge in [-0.15, -0.1) is 12.4 Å². The van der Waals surface area contributed by atoms with Crippen molar-refractivity contribution in [1.82, 2.24) is 67.5 Å². The Hall–Kier alpha value is -6.35. The third kappa shape index (κ3) is 24.9. The first-order chi connectivity index (χ1) is 67.5. The SMILES string of the molecule is CC1(C)OB(c2cnc(N)c(Cl)c2Cl)OC1(C)C.CC1(C)OB(c2cnc(N)c(Cl)c2Cl)OC1(C)C.Cc1nc(N2CCC3(CCC[C@H]3N)CC2)n2ccnc2c1-c1ccc(N)c(Cl)c1Cl.Cc1nc(N2CCC3(CCC[C@H]3N[S@](=O)C(C)(C)C)CC2)n2ccnc2c1-c1ccc(N)c(Cl)c1Cl.Cc1nc(N2CCC3(CCC[C@H]3N[S@](=O)C(C)(C)C)CC2)n2ccnc2c1Br.Cl.N/N=N/N.Nc1ncc(Br)c(Cl)c1Cl.